The molecule has 0 amide bonds. The second kappa shape index (κ2) is 5.13. The molecule has 0 spiro atoms. The van der Waals surface area contributed by atoms with E-state index >= 15 is 0 Å². The first-order chi connectivity index (χ1) is 9.27. The van der Waals surface area contributed by atoms with Gasteiger partial charge in [-0.15, -0.1) is 0 Å². The maximum absolute atomic E-state index is 4.76. The predicted molar refractivity (Wildman–Crippen MR) is 76.0 cm³/mol. The molecule has 1 aliphatic heterocycles. The van der Waals surface area contributed by atoms with Crippen molar-refractivity contribution in [2.24, 2.45) is 7.05 Å². The van der Waals surface area contributed by atoms with Crippen molar-refractivity contribution in [2.45, 2.75) is 25.7 Å². The lowest BCUT2D eigenvalue weighted by Gasteiger charge is -2.22. The third kappa shape index (κ3) is 2.28. The van der Waals surface area contributed by atoms with Crippen LogP contribution in [0.4, 0.5) is 0 Å². The van der Waals surface area contributed by atoms with E-state index in [-0.39, 0.29) is 0 Å². The number of pyridine rings is 1. The van der Waals surface area contributed by atoms with Crippen molar-refractivity contribution >= 4 is 0 Å². The van der Waals surface area contributed by atoms with Crippen LogP contribution in [0.25, 0.3) is 11.1 Å². The molecule has 3 rings (SSSR count). The minimum atomic E-state index is 0.517. The van der Waals surface area contributed by atoms with Crippen LogP contribution in [0.1, 0.15) is 30.1 Å². The first-order valence-corrected chi connectivity index (χ1v) is 6.92. The first-order valence-electron chi connectivity index (χ1n) is 6.92. The summed E-state index contributed by atoms with van der Waals surface area (Å²) in [4.78, 5) is 4.25. The highest BCUT2D eigenvalue weighted by Gasteiger charge is 2.24. The number of rotatable bonds is 2. The Bertz CT molecular complexity index is 553. The van der Waals surface area contributed by atoms with Crippen LogP contribution in [-0.4, -0.2) is 27.9 Å². The summed E-state index contributed by atoms with van der Waals surface area (Å²) < 4.78 is 1.99. The van der Waals surface area contributed by atoms with E-state index in [1.54, 1.807) is 0 Å². The smallest absolute Gasteiger partial charge is 0.0749 e. The number of aryl methyl sites for hydroxylation is 1. The quantitative estimate of drug-likeness (QED) is 0.896. The average molecular weight is 256 g/mol. The summed E-state index contributed by atoms with van der Waals surface area (Å²) in [6, 6.07) is 4.11. The van der Waals surface area contributed by atoms with Crippen molar-refractivity contribution in [2.75, 3.05) is 13.1 Å². The molecule has 1 unspecified atom stereocenters. The number of nitrogens with zero attached hydrogens (tertiary/aromatic N) is 3. The number of hydrogen-bond acceptors (Lipinski definition) is 3. The Kier molecular flexibility index (Phi) is 3.34. The van der Waals surface area contributed by atoms with Gasteiger partial charge < -0.3 is 5.32 Å². The van der Waals surface area contributed by atoms with Crippen molar-refractivity contribution in [3.05, 3.63) is 35.9 Å². The Balaban J connectivity index is 2.07. The zero-order valence-corrected chi connectivity index (χ0v) is 11.6. The molecule has 19 heavy (non-hydrogen) atoms. The molecule has 1 atom stereocenters. The van der Waals surface area contributed by atoms with Crippen molar-refractivity contribution in [1.29, 1.82) is 0 Å². The number of aromatic nitrogens is 3. The van der Waals surface area contributed by atoms with E-state index < -0.39 is 0 Å². The summed E-state index contributed by atoms with van der Waals surface area (Å²) in [5, 5.41) is 8.23. The monoisotopic (exact) mass is 256 g/mol. The van der Waals surface area contributed by atoms with Gasteiger partial charge in [-0.05, 0) is 32.4 Å². The van der Waals surface area contributed by atoms with E-state index in [4.69, 9.17) is 5.10 Å². The molecule has 0 aliphatic carbocycles. The summed E-state index contributed by atoms with van der Waals surface area (Å²) >= 11 is 0. The van der Waals surface area contributed by atoms with Gasteiger partial charge in [0.15, 0.2) is 0 Å². The van der Waals surface area contributed by atoms with Gasteiger partial charge >= 0.3 is 0 Å². The standard InChI is InChI=1S/C15H20N4/c1-11-14(12-5-3-7-16-9-12)15(18-19(11)2)13-6-4-8-17-10-13/h3,5,7,9,13,17H,4,6,8,10H2,1-2H3. The van der Waals surface area contributed by atoms with Crippen LogP contribution in [0.3, 0.4) is 0 Å². The zero-order valence-electron chi connectivity index (χ0n) is 11.6. The Morgan fingerprint density at radius 3 is 3.00 bits per heavy atom. The third-order valence-corrected chi connectivity index (χ3v) is 3.99. The highest BCUT2D eigenvalue weighted by Crippen LogP contribution is 2.33. The topological polar surface area (TPSA) is 42.7 Å². The van der Waals surface area contributed by atoms with E-state index in [0.717, 1.165) is 13.1 Å². The normalized spacial score (nSPS) is 19.6. The molecule has 1 saturated heterocycles. The molecule has 2 aromatic rings. The van der Waals surface area contributed by atoms with Gasteiger partial charge in [0.2, 0.25) is 0 Å². The fourth-order valence-corrected chi connectivity index (χ4v) is 2.87. The van der Waals surface area contributed by atoms with Crippen LogP contribution < -0.4 is 5.32 Å². The SMILES string of the molecule is Cc1c(-c2cccnc2)c(C2CCCNC2)nn1C. The van der Waals surface area contributed by atoms with Crippen LogP contribution in [0.5, 0.6) is 0 Å². The Labute approximate surface area is 113 Å². The maximum atomic E-state index is 4.76. The molecule has 0 bridgehead atoms. The Morgan fingerprint density at radius 2 is 2.32 bits per heavy atom. The van der Waals surface area contributed by atoms with Gasteiger partial charge in [-0.1, -0.05) is 6.07 Å². The minimum absolute atomic E-state index is 0.517. The lowest BCUT2D eigenvalue weighted by Crippen LogP contribution is -2.28. The summed E-state index contributed by atoms with van der Waals surface area (Å²) in [7, 11) is 2.02. The van der Waals surface area contributed by atoms with E-state index in [0.29, 0.717) is 5.92 Å². The molecule has 1 aliphatic rings. The summed E-state index contributed by atoms with van der Waals surface area (Å²) in [6.07, 6.45) is 6.20. The van der Waals surface area contributed by atoms with Crippen LogP contribution in [-0.2, 0) is 7.05 Å². The highest BCUT2D eigenvalue weighted by molar-refractivity contribution is 5.68. The molecule has 0 radical (unpaired) electrons. The molecular weight excluding hydrogens is 236 g/mol. The average Bonchev–Trinajstić information content (AvgIpc) is 2.77. The summed E-state index contributed by atoms with van der Waals surface area (Å²) in [5.41, 5.74) is 4.88. The lowest BCUT2D eigenvalue weighted by molar-refractivity contribution is 0.452. The summed E-state index contributed by atoms with van der Waals surface area (Å²) in [6.45, 7) is 4.29. The number of piperidine rings is 1. The van der Waals surface area contributed by atoms with E-state index in [1.165, 1.54) is 35.4 Å². The molecular formula is C15H20N4. The van der Waals surface area contributed by atoms with Crippen LogP contribution in [0.15, 0.2) is 24.5 Å². The molecule has 4 nitrogen and oxygen atoms in total. The number of hydrogen-bond donors (Lipinski definition) is 1. The maximum Gasteiger partial charge on any atom is 0.0749 e. The highest BCUT2D eigenvalue weighted by atomic mass is 15.3. The van der Waals surface area contributed by atoms with Gasteiger partial charge in [0.25, 0.3) is 0 Å². The van der Waals surface area contributed by atoms with Crippen molar-refractivity contribution in [3.63, 3.8) is 0 Å². The van der Waals surface area contributed by atoms with Crippen molar-refractivity contribution in [3.8, 4) is 11.1 Å². The predicted octanol–water partition coefficient (Wildman–Crippen LogP) is 2.26. The second-order valence-electron chi connectivity index (χ2n) is 5.25. The van der Waals surface area contributed by atoms with Crippen LogP contribution in [0.2, 0.25) is 0 Å². The molecule has 3 heterocycles. The Hall–Kier alpha value is -1.68. The lowest BCUT2D eigenvalue weighted by atomic mass is 9.91. The zero-order chi connectivity index (χ0) is 13.2. The van der Waals surface area contributed by atoms with Gasteiger partial charge in [-0.25, -0.2) is 0 Å². The molecule has 2 aromatic heterocycles. The van der Waals surface area contributed by atoms with Crippen molar-refractivity contribution < 1.29 is 0 Å². The largest absolute Gasteiger partial charge is 0.316 e. The third-order valence-electron chi connectivity index (χ3n) is 3.99. The van der Waals surface area contributed by atoms with Gasteiger partial charge in [0.1, 0.15) is 0 Å². The summed E-state index contributed by atoms with van der Waals surface area (Å²) in [5.74, 6) is 0.517. The van der Waals surface area contributed by atoms with Crippen LogP contribution >= 0.6 is 0 Å². The molecule has 0 aromatic carbocycles. The number of nitrogens with one attached hydrogen (secondary N) is 1. The van der Waals surface area contributed by atoms with Crippen LogP contribution in [0, 0.1) is 6.92 Å². The van der Waals surface area contributed by atoms with E-state index in [1.807, 2.05) is 30.2 Å². The fourth-order valence-electron chi connectivity index (χ4n) is 2.87. The van der Waals surface area contributed by atoms with E-state index in [2.05, 4.69) is 23.3 Å². The van der Waals surface area contributed by atoms with E-state index in [9.17, 15) is 0 Å². The van der Waals surface area contributed by atoms with Gasteiger partial charge in [-0.2, -0.15) is 5.10 Å². The second-order valence-corrected chi connectivity index (χ2v) is 5.25. The van der Waals surface area contributed by atoms with Crippen molar-refractivity contribution in [1.82, 2.24) is 20.1 Å². The first kappa shape index (κ1) is 12.4. The molecule has 4 heteroatoms. The fraction of sp³-hybridized carbons (Fsp3) is 0.467. The molecule has 0 saturated carbocycles. The van der Waals surface area contributed by atoms with Gasteiger partial charge in [0, 0.05) is 48.7 Å². The molecule has 100 valence electrons. The molecule has 1 N–H and O–H groups in total. The van der Waals surface area contributed by atoms with Gasteiger partial charge in [0.05, 0.1) is 5.69 Å². The van der Waals surface area contributed by atoms with Gasteiger partial charge in [-0.3, -0.25) is 9.67 Å². The molecule has 1 fully saturated rings. The minimum Gasteiger partial charge on any atom is -0.316 e. The Morgan fingerprint density at radius 1 is 1.42 bits per heavy atom.